The lowest BCUT2D eigenvalue weighted by Gasteiger charge is -2.08. The first kappa shape index (κ1) is 15.8. The Balaban J connectivity index is 1.96. The molecular formula is C14H18F3N3O. The van der Waals surface area contributed by atoms with Gasteiger partial charge in [0.05, 0.1) is 0 Å². The highest BCUT2D eigenvalue weighted by Crippen LogP contribution is 2.20. The first-order valence-corrected chi connectivity index (χ1v) is 6.78. The van der Waals surface area contributed by atoms with E-state index < -0.39 is 12.8 Å². The number of aromatic nitrogens is 2. The number of nitrogens with two attached hydrogens (primary N) is 1. The molecule has 0 bridgehead atoms. The average Bonchev–Trinajstić information content (AvgIpc) is 2.77. The standard InChI is InChI=1S/C14H18F3N3O/c15-14(16,17)10-21-8-2-7-20-9-11(4-5-18)12-3-1-6-19-13(12)20/h1,3,6,9H,2,4-5,7-8,10,18H2. The van der Waals surface area contributed by atoms with Crippen molar-refractivity contribution in [3.63, 3.8) is 0 Å². The molecular weight excluding hydrogens is 283 g/mol. The number of fused-ring (bicyclic) bond motifs is 1. The third-order valence-corrected chi connectivity index (χ3v) is 3.08. The highest BCUT2D eigenvalue weighted by atomic mass is 19.4. The second-order valence-electron chi connectivity index (χ2n) is 4.78. The number of hydrogen-bond donors (Lipinski definition) is 1. The van der Waals surface area contributed by atoms with Gasteiger partial charge < -0.3 is 15.0 Å². The topological polar surface area (TPSA) is 53.1 Å². The molecule has 0 aliphatic rings. The second kappa shape index (κ2) is 6.91. The first-order chi connectivity index (χ1) is 10.0. The number of aryl methyl sites for hydroxylation is 1. The summed E-state index contributed by atoms with van der Waals surface area (Å²) in [7, 11) is 0. The number of nitrogens with zero attached hydrogens (tertiary/aromatic N) is 2. The van der Waals surface area contributed by atoms with Gasteiger partial charge >= 0.3 is 6.18 Å². The van der Waals surface area contributed by atoms with Gasteiger partial charge in [0, 0.05) is 30.9 Å². The van der Waals surface area contributed by atoms with Crippen LogP contribution in [0.5, 0.6) is 0 Å². The largest absolute Gasteiger partial charge is 0.411 e. The van der Waals surface area contributed by atoms with E-state index in [-0.39, 0.29) is 6.61 Å². The Kier molecular flexibility index (Phi) is 5.19. The molecule has 0 spiro atoms. The zero-order valence-corrected chi connectivity index (χ0v) is 11.6. The van der Waals surface area contributed by atoms with E-state index in [4.69, 9.17) is 5.73 Å². The summed E-state index contributed by atoms with van der Waals surface area (Å²) in [6, 6.07) is 3.84. The summed E-state index contributed by atoms with van der Waals surface area (Å²) in [5.41, 5.74) is 7.52. The summed E-state index contributed by atoms with van der Waals surface area (Å²) in [6.07, 6.45) is 0.647. The monoisotopic (exact) mass is 301 g/mol. The molecule has 0 radical (unpaired) electrons. The van der Waals surface area contributed by atoms with Gasteiger partial charge in [-0.15, -0.1) is 0 Å². The molecule has 116 valence electrons. The second-order valence-corrected chi connectivity index (χ2v) is 4.78. The van der Waals surface area contributed by atoms with Crippen molar-refractivity contribution in [3.8, 4) is 0 Å². The maximum Gasteiger partial charge on any atom is 0.411 e. The van der Waals surface area contributed by atoms with Crippen molar-refractivity contribution in [2.75, 3.05) is 19.8 Å². The van der Waals surface area contributed by atoms with E-state index in [9.17, 15) is 13.2 Å². The quantitative estimate of drug-likeness (QED) is 0.800. The van der Waals surface area contributed by atoms with Gasteiger partial charge in [-0.2, -0.15) is 13.2 Å². The summed E-state index contributed by atoms with van der Waals surface area (Å²) < 4.78 is 42.4. The van der Waals surface area contributed by atoms with Crippen molar-refractivity contribution in [1.29, 1.82) is 0 Å². The van der Waals surface area contributed by atoms with Gasteiger partial charge in [-0.1, -0.05) is 0 Å². The van der Waals surface area contributed by atoms with Crippen LogP contribution >= 0.6 is 0 Å². The van der Waals surface area contributed by atoms with Gasteiger partial charge in [0.15, 0.2) is 0 Å². The van der Waals surface area contributed by atoms with Crippen LogP contribution in [0, 0.1) is 0 Å². The SMILES string of the molecule is NCCc1cn(CCCOCC(F)(F)F)c2ncccc12. The van der Waals surface area contributed by atoms with Crippen molar-refractivity contribution in [3.05, 3.63) is 30.1 Å². The van der Waals surface area contributed by atoms with Gasteiger partial charge in [0.1, 0.15) is 12.3 Å². The normalized spacial score (nSPS) is 12.2. The lowest BCUT2D eigenvalue weighted by Crippen LogP contribution is -2.17. The first-order valence-electron chi connectivity index (χ1n) is 6.78. The molecule has 0 amide bonds. The Labute approximate surface area is 120 Å². The van der Waals surface area contributed by atoms with Crippen molar-refractivity contribution in [1.82, 2.24) is 9.55 Å². The third kappa shape index (κ3) is 4.44. The fourth-order valence-corrected chi connectivity index (χ4v) is 2.25. The Morgan fingerprint density at radius 1 is 1.33 bits per heavy atom. The van der Waals surface area contributed by atoms with Gasteiger partial charge in [0.25, 0.3) is 0 Å². The lowest BCUT2D eigenvalue weighted by molar-refractivity contribution is -0.174. The highest BCUT2D eigenvalue weighted by Gasteiger charge is 2.27. The number of rotatable bonds is 7. The van der Waals surface area contributed by atoms with Crippen LogP contribution in [0.2, 0.25) is 0 Å². The van der Waals surface area contributed by atoms with Crippen LogP contribution in [0.25, 0.3) is 11.0 Å². The minimum absolute atomic E-state index is 0.0677. The molecule has 0 aliphatic heterocycles. The van der Waals surface area contributed by atoms with Crippen LogP contribution in [0.1, 0.15) is 12.0 Å². The summed E-state index contributed by atoms with van der Waals surface area (Å²) in [6.45, 7) is -0.0209. The molecule has 2 heterocycles. The van der Waals surface area contributed by atoms with Crippen molar-refractivity contribution in [2.24, 2.45) is 5.73 Å². The van der Waals surface area contributed by atoms with E-state index in [1.54, 1.807) is 6.20 Å². The Hall–Kier alpha value is -1.60. The van der Waals surface area contributed by atoms with Crippen LogP contribution in [0.4, 0.5) is 13.2 Å². The van der Waals surface area contributed by atoms with Crippen LogP contribution in [0.3, 0.4) is 0 Å². The van der Waals surface area contributed by atoms with E-state index in [1.165, 1.54) is 0 Å². The van der Waals surface area contributed by atoms with Crippen LogP contribution in [-0.4, -0.2) is 35.5 Å². The molecule has 21 heavy (non-hydrogen) atoms. The smallest absolute Gasteiger partial charge is 0.372 e. The van der Waals surface area contributed by atoms with E-state index in [0.717, 1.165) is 23.0 Å². The molecule has 0 aromatic carbocycles. The maximum atomic E-state index is 12.0. The van der Waals surface area contributed by atoms with Crippen molar-refractivity contribution in [2.45, 2.75) is 25.6 Å². The number of alkyl halides is 3. The third-order valence-electron chi connectivity index (χ3n) is 3.08. The number of hydrogen-bond acceptors (Lipinski definition) is 3. The zero-order valence-electron chi connectivity index (χ0n) is 11.6. The van der Waals surface area contributed by atoms with Gasteiger partial charge in [-0.05, 0) is 37.1 Å². The van der Waals surface area contributed by atoms with Crippen LogP contribution in [-0.2, 0) is 17.7 Å². The van der Waals surface area contributed by atoms with Gasteiger partial charge in [0.2, 0.25) is 0 Å². The van der Waals surface area contributed by atoms with E-state index >= 15 is 0 Å². The molecule has 2 N–H and O–H groups in total. The zero-order chi connectivity index (χ0) is 15.3. The van der Waals surface area contributed by atoms with E-state index in [0.29, 0.717) is 19.5 Å². The Bertz CT molecular complexity index is 580. The predicted octanol–water partition coefficient (Wildman–Crippen LogP) is 2.51. The maximum absolute atomic E-state index is 12.0. The van der Waals surface area contributed by atoms with Crippen molar-refractivity contribution < 1.29 is 17.9 Å². The summed E-state index contributed by atoms with van der Waals surface area (Å²) >= 11 is 0. The molecule has 2 rings (SSSR count). The molecule has 0 atom stereocenters. The summed E-state index contributed by atoms with van der Waals surface area (Å²) in [5.74, 6) is 0. The molecule has 0 unspecified atom stereocenters. The summed E-state index contributed by atoms with van der Waals surface area (Å²) in [5, 5.41) is 1.04. The summed E-state index contributed by atoms with van der Waals surface area (Å²) in [4.78, 5) is 4.32. The molecule has 7 heteroatoms. The molecule has 0 saturated carbocycles. The van der Waals surface area contributed by atoms with E-state index in [2.05, 4.69) is 9.72 Å². The van der Waals surface area contributed by atoms with Crippen LogP contribution in [0.15, 0.2) is 24.5 Å². The number of ether oxygens (including phenoxy) is 1. The Morgan fingerprint density at radius 2 is 2.14 bits per heavy atom. The molecule has 4 nitrogen and oxygen atoms in total. The fourth-order valence-electron chi connectivity index (χ4n) is 2.25. The van der Waals surface area contributed by atoms with Crippen LogP contribution < -0.4 is 5.73 Å². The average molecular weight is 301 g/mol. The number of halogens is 3. The minimum atomic E-state index is -4.27. The van der Waals surface area contributed by atoms with Gasteiger partial charge in [-0.3, -0.25) is 0 Å². The van der Waals surface area contributed by atoms with E-state index in [1.807, 2.05) is 22.9 Å². The predicted molar refractivity (Wildman–Crippen MR) is 74.0 cm³/mol. The fraction of sp³-hybridized carbons (Fsp3) is 0.500. The van der Waals surface area contributed by atoms with Gasteiger partial charge in [-0.25, -0.2) is 4.98 Å². The Morgan fingerprint density at radius 3 is 2.86 bits per heavy atom. The lowest BCUT2D eigenvalue weighted by atomic mass is 10.2. The molecule has 0 aliphatic carbocycles. The number of pyridine rings is 1. The minimum Gasteiger partial charge on any atom is -0.372 e. The molecule has 2 aromatic heterocycles. The van der Waals surface area contributed by atoms with Crippen molar-refractivity contribution >= 4 is 11.0 Å². The molecule has 2 aromatic rings. The highest BCUT2D eigenvalue weighted by molar-refractivity contribution is 5.80. The molecule has 0 saturated heterocycles. The molecule has 0 fully saturated rings.